The van der Waals surface area contributed by atoms with Gasteiger partial charge in [0.15, 0.2) is 11.6 Å². The van der Waals surface area contributed by atoms with Gasteiger partial charge in [-0.3, -0.25) is 0 Å². The maximum Gasteiger partial charge on any atom is 0.224 e. The second-order valence-corrected chi connectivity index (χ2v) is 6.43. The molecular formula is C11H17FN4S2. The van der Waals surface area contributed by atoms with Gasteiger partial charge < -0.3 is 10.6 Å². The van der Waals surface area contributed by atoms with Crippen LogP contribution in [0.3, 0.4) is 0 Å². The minimum absolute atomic E-state index is 0.289. The van der Waals surface area contributed by atoms with Crippen LogP contribution >= 0.6 is 23.5 Å². The summed E-state index contributed by atoms with van der Waals surface area (Å²) < 4.78 is 13.5. The first-order chi connectivity index (χ1) is 8.79. The van der Waals surface area contributed by atoms with Crippen LogP contribution < -0.4 is 10.6 Å². The predicted molar refractivity (Wildman–Crippen MR) is 78.2 cm³/mol. The van der Waals surface area contributed by atoms with E-state index in [2.05, 4.69) is 20.6 Å². The van der Waals surface area contributed by atoms with E-state index in [1.807, 2.05) is 30.4 Å². The highest BCUT2D eigenvalue weighted by atomic mass is 32.2. The molecule has 2 heterocycles. The largest absolute Gasteiger partial charge is 0.366 e. The van der Waals surface area contributed by atoms with E-state index in [0.29, 0.717) is 11.2 Å². The predicted octanol–water partition coefficient (Wildman–Crippen LogP) is 2.31. The highest BCUT2D eigenvalue weighted by Gasteiger charge is 2.15. The minimum Gasteiger partial charge on any atom is -0.366 e. The topological polar surface area (TPSA) is 49.8 Å². The number of nitrogens with one attached hydrogen (secondary N) is 2. The summed E-state index contributed by atoms with van der Waals surface area (Å²) in [6, 6.07) is 0. The van der Waals surface area contributed by atoms with Gasteiger partial charge in [-0.15, -0.1) is 0 Å². The van der Waals surface area contributed by atoms with E-state index < -0.39 is 5.82 Å². The van der Waals surface area contributed by atoms with Crippen molar-refractivity contribution < 1.29 is 4.39 Å². The van der Waals surface area contributed by atoms with E-state index >= 15 is 0 Å². The molecule has 100 valence electrons. The van der Waals surface area contributed by atoms with Gasteiger partial charge in [0.1, 0.15) is 0 Å². The summed E-state index contributed by atoms with van der Waals surface area (Å²) >= 11 is 3.89. The van der Waals surface area contributed by atoms with Gasteiger partial charge in [0.2, 0.25) is 5.95 Å². The van der Waals surface area contributed by atoms with Crippen molar-refractivity contribution in [2.75, 3.05) is 41.0 Å². The lowest BCUT2D eigenvalue weighted by Crippen LogP contribution is -2.24. The summed E-state index contributed by atoms with van der Waals surface area (Å²) in [6.07, 6.45) is 1.20. The zero-order valence-electron chi connectivity index (χ0n) is 10.3. The third-order valence-electron chi connectivity index (χ3n) is 2.46. The first kappa shape index (κ1) is 13.7. The molecule has 2 N–H and O–H groups in total. The van der Waals surface area contributed by atoms with Crippen LogP contribution in [-0.2, 0) is 0 Å². The molecule has 2 rings (SSSR count). The fourth-order valence-corrected chi connectivity index (χ4v) is 4.21. The molecule has 1 fully saturated rings. The van der Waals surface area contributed by atoms with Crippen LogP contribution in [0.1, 0.15) is 6.92 Å². The van der Waals surface area contributed by atoms with Gasteiger partial charge in [0.25, 0.3) is 0 Å². The number of anilines is 2. The van der Waals surface area contributed by atoms with Crippen molar-refractivity contribution in [3.8, 4) is 0 Å². The lowest BCUT2D eigenvalue weighted by molar-refractivity contribution is 0.617. The zero-order valence-corrected chi connectivity index (χ0v) is 11.9. The Bertz CT molecular complexity index is 385. The summed E-state index contributed by atoms with van der Waals surface area (Å²) in [6.45, 7) is 3.42. The van der Waals surface area contributed by atoms with Crippen molar-refractivity contribution in [3.63, 3.8) is 0 Å². The van der Waals surface area contributed by atoms with E-state index in [0.717, 1.165) is 18.8 Å². The zero-order chi connectivity index (χ0) is 12.8. The number of hydrogen-bond donors (Lipinski definition) is 2. The van der Waals surface area contributed by atoms with Crippen molar-refractivity contribution in [2.24, 2.45) is 0 Å². The van der Waals surface area contributed by atoms with Gasteiger partial charge >= 0.3 is 0 Å². The van der Waals surface area contributed by atoms with E-state index in [1.165, 1.54) is 17.7 Å². The molecule has 0 radical (unpaired) electrons. The number of hydrogen-bond acceptors (Lipinski definition) is 6. The SMILES string of the molecule is CCNc1ncc(F)c(NCC2CSCCS2)n1. The summed E-state index contributed by atoms with van der Waals surface area (Å²) in [7, 11) is 0. The summed E-state index contributed by atoms with van der Waals surface area (Å²) in [4.78, 5) is 8.00. The van der Waals surface area contributed by atoms with E-state index in [1.54, 1.807) is 0 Å². The number of halogens is 1. The Labute approximate surface area is 115 Å². The molecule has 0 aromatic carbocycles. The summed E-state index contributed by atoms with van der Waals surface area (Å²) in [5, 5.41) is 6.58. The van der Waals surface area contributed by atoms with E-state index in [-0.39, 0.29) is 5.82 Å². The molecular weight excluding hydrogens is 271 g/mol. The third-order valence-corrected chi connectivity index (χ3v) is 5.31. The minimum atomic E-state index is -0.398. The van der Waals surface area contributed by atoms with Crippen LogP contribution in [-0.4, -0.2) is 45.6 Å². The Morgan fingerprint density at radius 3 is 3.06 bits per heavy atom. The molecule has 0 saturated carbocycles. The average Bonchev–Trinajstić information content (AvgIpc) is 2.41. The van der Waals surface area contributed by atoms with Gasteiger partial charge in [0.05, 0.1) is 6.20 Å². The molecule has 4 nitrogen and oxygen atoms in total. The number of aromatic nitrogens is 2. The highest BCUT2D eigenvalue weighted by Crippen LogP contribution is 2.24. The molecule has 7 heteroatoms. The third kappa shape index (κ3) is 3.91. The van der Waals surface area contributed by atoms with Gasteiger partial charge in [-0.25, -0.2) is 9.37 Å². The van der Waals surface area contributed by atoms with Crippen molar-refractivity contribution in [3.05, 3.63) is 12.0 Å². The molecule has 1 aromatic heterocycles. The quantitative estimate of drug-likeness (QED) is 0.867. The summed E-state index contributed by atoms with van der Waals surface area (Å²) in [5.41, 5.74) is 0. The molecule has 1 aliphatic heterocycles. The number of thioether (sulfide) groups is 2. The molecule has 1 aliphatic rings. The Balaban J connectivity index is 1.92. The van der Waals surface area contributed by atoms with Crippen molar-refractivity contribution in [2.45, 2.75) is 12.2 Å². The average molecular weight is 288 g/mol. The van der Waals surface area contributed by atoms with Crippen molar-refractivity contribution in [1.82, 2.24) is 9.97 Å². The fourth-order valence-electron chi connectivity index (χ4n) is 1.60. The van der Waals surface area contributed by atoms with Gasteiger partial charge in [-0.05, 0) is 6.92 Å². The molecule has 1 saturated heterocycles. The fraction of sp³-hybridized carbons (Fsp3) is 0.636. The maximum absolute atomic E-state index is 13.5. The van der Waals surface area contributed by atoms with Crippen molar-refractivity contribution >= 4 is 35.3 Å². The highest BCUT2D eigenvalue weighted by molar-refractivity contribution is 8.06. The Morgan fingerprint density at radius 1 is 1.44 bits per heavy atom. The lowest BCUT2D eigenvalue weighted by Gasteiger charge is -2.21. The molecule has 0 bridgehead atoms. The second-order valence-electron chi connectivity index (χ2n) is 3.87. The second kappa shape index (κ2) is 7.04. The Hall–Kier alpha value is -0.690. The van der Waals surface area contributed by atoms with Crippen LogP contribution in [0.15, 0.2) is 6.20 Å². The van der Waals surface area contributed by atoms with Crippen LogP contribution in [0.5, 0.6) is 0 Å². The molecule has 0 spiro atoms. The smallest absolute Gasteiger partial charge is 0.224 e. The van der Waals surface area contributed by atoms with Gasteiger partial charge in [-0.2, -0.15) is 28.5 Å². The van der Waals surface area contributed by atoms with Crippen LogP contribution in [0.2, 0.25) is 0 Å². The molecule has 1 aromatic rings. The molecule has 0 aliphatic carbocycles. The normalized spacial score (nSPS) is 19.6. The maximum atomic E-state index is 13.5. The Morgan fingerprint density at radius 2 is 2.33 bits per heavy atom. The van der Waals surface area contributed by atoms with E-state index in [4.69, 9.17) is 0 Å². The standard InChI is InChI=1S/C11H17FN4S2/c1-2-13-11-15-6-9(12)10(16-11)14-5-8-7-17-3-4-18-8/h6,8H,2-5,7H2,1H3,(H2,13,14,15,16). The summed E-state index contributed by atoms with van der Waals surface area (Å²) in [5.74, 6) is 3.86. The molecule has 0 amide bonds. The Kier molecular flexibility index (Phi) is 5.37. The number of rotatable bonds is 5. The van der Waals surface area contributed by atoms with Crippen LogP contribution in [0.4, 0.5) is 16.2 Å². The van der Waals surface area contributed by atoms with Gasteiger partial charge in [-0.1, -0.05) is 0 Å². The number of nitrogens with zero attached hydrogens (tertiary/aromatic N) is 2. The monoisotopic (exact) mass is 288 g/mol. The molecule has 1 unspecified atom stereocenters. The molecule has 18 heavy (non-hydrogen) atoms. The van der Waals surface area contributed by atoms with Crippen molar-refractivity contribution in [1.29, 1.82) is 0 Å². The van der Waals surface area contributed by atoms with E-state index in [9.17, 15) is 4.39 Å². The first-order valence-corrected chi connectivity index (χ1v) is 8.19. The van der Waals surface area contributed by atoms with Gasteiger partial charge in [0, 0.05) is 35.6 Å². The first-order valence-electron chi connectivity index (χ1n) is 5.99. The lowest BCUT2D eigenvalue weighted by atomic mass is 10.4. The van der Waals surface area contributed by atoms with Crippen LogP contribution in [0.25, 0.3) is 0 Å². The molecule has 1 atom stereocenters. The van der Waals surface area contributed by atoms with Crippen LogP contribution in [0, 0.1) is 5.82 Å².